The van der Waals surface area contributed by atoms with Crippen molar-refractivity contribution in [2.24, 2.45) is 0 Å². The van der Waals surface area contributed by atoms with Crippen LogP contribution in [0.2, 0.25) is 0 Å². The normalized spacial score (nSPS) is 10.4. The molecule has 2 rings (SSSR count). The summed E-state index contributed by atoms with van der Waals surface area (Å²) in [5.41, 5.74) is 1.55. The van der Waals surface area contributed by atoms with Crippen molar-refractivity contribution in [2.75, 3.05) is 13.1 Å². The van der Waals surface area contributed by atoms with Crippen LogP contribution in [0.15, 0.2) is 42.6 Å². The minimum Gasteiger partial charge on any atom is -0.352 e. The van der Waals surface area contributed by atoms with Crippen molar-refractivity contribution in [1.29, 1.82) is 0 Å². The van der Waals surface area contributed by atoms with Gasteiger partial charge in [-0.05, 0) is 42.7 Å². The standard InChI is InChI=1S/C20H24FN3O2/c1-2-3-4-11-23-19(25)16-10-13-22-18(14-16)20(26)24-12-9-15-5-7-17(21)8-6-15/h5-8,10,13-14H,2-4,9,11-12H2,1H3,(H,23,25)(H,24,26). The first-order valence-electron chi connectivity index (χ1n) is 8.87. The fraction of sp³-hybridized carbons (Fsp3) is 0.350. The number of unbranched alkanes of at least 4 members (excludes halogenated alkanes) is 2. The Bertz CT molecular complexity index is 732. The average molecular weight is 357 g/mol. The summed E-state index contributed by atoms with van der Waals surface area (Å²) in [5.74, 6) is -0.830. The van der Waals surface area contributed by atoms with E-state index in [1.54, 1.807) is 18.2 Å². The molecule has 0 aliphatic rings. The van der Waals surface area contributed by atoms with Crippen molar-refractivity contribution < 1.29 is 14.0 Å². The molecular weight excluding hydrogens is 333 g/mol. The van der Waals surface area contributed by atoms with Gasteiger partial charge in [0.15, 0.2) is 0 Å². The maximum Gasteiger partial charge on any atom is 0.269 e. The summed E-state index contributed by atoms with van der Waals surface area (Å²) < 4.78 is 12.9. The van der Waals surface area contributed by atoms with E-state index in [2.05, 4.69) is 22.5 Å². The molecule has 0 aliphatic carbocycles. The highest BCUT2D eigenvalue weighted by molar-refractivity contribution is 5.98. The molecule has 0 bridgehead atoms. The fourth-order valence-corrected chi connectivity index (χ4v) is 2.44. The summed E-state index contributed by atoms with van der Waals surface area (Å²) >= 11 is 0. The molecule has 0 unspecified atom stereocenters. The van der Waals surface area contributed by atoms with Gasteiger partial charge in [0.05, 0.1) is 0 Å². The SMILES string of the molecule is CCCCCNC(=O)c1ccnc(C(=O)NCCc2ccc(F)cc2)c1. The Morgan fingerprint density at radius 2 is 1.73 bits per heavy atom. The second-order valence-corrected chi connectivity index (χ2v) is 6.03. The van der Waals surface area contributed by atoms with Crippen LogP contribution in [-0.2, 0) is 6.42 Å². The molecule has 0 aliphatic heterocycles. The maximum absolute atomic E-state index is 12.9. The molecule has 0 saturated heterocycles. The third kappa shape index (κ3) is 6.27. The van der Waals surface area contributed by atoms with Crippen molar-refractivity contribution in [3.05, 3.63) is 65.2 Å². The number of carbonyl (C=O) groups is 2. The van der Waals surface area contributed by atoms with Gasteiger partial charge in [0, 0.05) is 24.8 Å². The summed E-state index contributed by atoms with van der Waals surface area (Å²) in [6, 6.07) is 9.22. The molecule has 5 nitrogen and oxygen atoms in total. The molecule has 1 aromatic carbocycles. The van der Waals surface area contributed by atoms with Crippen LogP contribution in [0.25, 0.3) is 0 Å². The molecule has 0 radical (unpaired) electrons. The Kier molecular flexibility index (Phi) is 7.74. The van der Waals surface area contributed by atoms with Gasteiger partial charge < -0.3 is 10.6 Å². The highest BCUT2D eigenvalue weighted by Gasteiger charge is 2.11. The van der Waals surface area contributed by atoms with Gasteiger partial charge in [-0.3, -0.25) is 14.6 Å². The number of halogens is 1. The fourth-order valence-electron chi connectivity index (χ4n) is 2.44. The molecule has 0 saturated carbocycles. The molecule has 6 heteroatoms. The Morgan fingerprint density at radius 3 is 2.46 bits per heavy atom. The lowest BCUT2D eigenvalue weighted by molar-refractivity contribution is 0.0949. The lowest BCUT2D eigenvalue weighted by atomic mass is 10.1. The highest BCUT2D eigenvalue weighted by Crippen LogP contribution is 2.05. The predicted octanol–water partition coefficient (Wildman–Crippen LogP) is 3.11. The van der Waals surface area contributed by atoms with Crippen molar-refractivity contribution in [1.82, 2.24) is 15.6 Å². The van der Waals surface area contributed by atoms with Crippen LogP contribution >= 0.6 is 0 Å². The zero-order valence-electron chi connectivity index (χ0n) is 14.9. The van der Waals surface area contributed by atoms with Crippen LogP contribution in [0, 0.1) is 5.82 Å². The summed E-state index contributed by atoms with van der Waals surface area (Å²) in [7, 11) is 0. The Balaban J connectivity index is 1.84. The van der Waals surface area contributed by atoms with E-state index < -0.39 is 0 Å². The van der Waals surface area contributed by atoms with Gasteiger partial charge in [-0.1, -0.05) is 31.9 Å². The van der Waals surface area contributed by atoms with Gasteiger partial charge in [0.25, 0.3) is 11.8 Å². The summed E-state index contributed by atoms with van der Waals surface area (Å²) in [5, 5.41) is 5.60. The molecule has 2 amide bonds. The van der Waals surface area contributed by atoms with Crippen LogP contribution < -0.4 is 10.6 Å². The van der Waals surface area contributed by atoms with Gasteiger partial charge >= 0.3 is 0 Å². The molecule has 26 heavy (non-hydrogen) atoms. The third-order valence-corrected chi connectivity index (χ3v) is 3.93. The van der Waals surface area contributed by atoms with Crippen LogP contribution in [0.5, 0.6) is 0 Å². The average Bonchev–Trinajstić information content (AvgIpc) is 2.66. The van der Waals surface area contributed by atoms with Crippen LogP contribution in [0.3, 0.4) is 0 Å². The minimum absolute atomic E-state index is 0.199. The van der Waals surface area contributed by atoms with Crippen molar-refractivity contribution in [3.63, 3.8) is 0 Å². The largest absolute Gasteiger partial charge is 0.352 e. The minimum atomic E-state index is -0.340. The zero-order valence-corrected chi connectivity index (χ0v) is 14.9. The van der Waals surface area contributed by atoms with Crippen molar-refractivity contribution in [3.8, 4) is 0 Å². The quantitative estimate of drug-likeness (QED) is 0.678. The van der Waals surface area contributed by atoms with Gasteiger partial charge in [-0.25, -0.2) is 4.39 Å². The number of nitrogens with one attached hydrogen (secondary N) is 2. The van der Waals surface area contributed by atoms with Gasteiger partial charge in [0.2, 0.25) is 0 Å². The molecule has 2 aromatic rings. The zero-order chi connectivity index (χ0) is 18.8. The van der Waals surface area contributed by atoms with E-state index in [1.807, 2.05) is 0 Å². The lowest BCUT2D eigenvalue weighted by Gasteiger charge is -2.07. The Labute approximate surface area is 153 Å². The van der Waals surface area contributed by atoms with E-state index in [0.717, 1.165) is 24.8 Å². The molecule has 0 fully saturated rings. The summed E-state index contributed by atoms with van der Waals surface area (Å²) in [4.78, 5) is 28.3. The van der Waals surface area contributed by atoms with E-state index >= 15 is 0 Å². The van der Waals surface area contributed by atoms with Crippen LogP contribution in [0.4, 0.5) is 4.39 Å². The number of pyridine rings is 1. The van der Waals surface area contributed by atoms with E-state index in [0.29, 0.717) is 25.1 Å². The number of rotatable bonds is 9. The van der Waals surface area contributed by atoms with Crippen molar-refractivity contribution in [2.45, 2.75) is 32.6 Å². The van der Waals surface area contributed by atoms with Crippen LogP contribution in [0.1, 0.15) is 52.6 Å². The molecule has 1 heterocycles. The van der Waals surface area contributed by atoms with Crippen LogP contribution in [-0.4, -0.2) is 29.9 Å². The molecule has 138 valence electrons. The lowest BCUT2D eigenvalue weighted by Crippen LogP contribution is -2.28. The molecule has 0 atom stereocenters. The van der Waals surface area contributed by atoms with E-state index in [4.69, 9.17) is 0 Å². The Hall–Kier alpha value is -2.76. The first-order valence-corrected chi connectivity index (χ1v) is 8.87. The smallest absolute Gasteiger partial charge is 0.269 e. The van der Waals surface area contributed by atoms with E-state index in [-0.39, 0.29) is 23.3 Å². The third-order valence-electron chi connectivity index (χ3n) is 3.93. The molecule has 1 aromatic heterocycles. The number of hydrogen-bond donors (Lipinski definition) is 2. The second kappa shape index (κ2) is 10.3. The monoisotopic (exact) mass is 357 g/mol. The first-order chi connectivity index (χ1) is 12.6. The van der Waals surface area contributed by atoms with Gasteiger partial charge in [0.1, 0.15) is 11.5 Å². The number of benzene rings is 1. The van der Waals surface area contributed by atoms with Crippen molar-refractivity contribution >= 4 is 11.8 Å². The molecule has 2 N–H and O–H groups in total. The predicted molar refractivity (Wildman–Crippen MR) is 98.5 cm³/mol. The Morgan fingerprint density at radius 1 is 1.00 bits per heavy atom. The van der Waals surface area contributed by atoms with Gasteiger partial charge in [-0.15, -0.1) is 0 Å². The first kappa shape index (κ1) is 19.6. The topological polar surface area (TPSA) is 71.1 Å². The highest BCUT2D eigenvalue weighted by atomic mass is 19.1. The number of amides is 2. The molecule has 0 spiro atoms. The number of hydrogen-bond acceptors (Lipinski definition) is 3. The number of aromatic nitrogens is 1. The summed E-state index contributed by atoms with van der Waals surface area (Å²) in [6.45, 7) is 3.12. The number of carbonyl (C=O) groups excluding carboxylic acids is 2. The van der Waals surface area contributed by atoms with Gasteiger partial charge in [-0.2, -0.15) is 0 Å². The molecular formula is C20H24FN3O2. The number of nitrogens with zero attached hydrogens (tertiary/aromatic N) is 1. The maximum atomic E-state index is 12.9. The second-order valence-electron chi connectivity index (χ2n) is 6.03. The van der Waals surface area contributed by atoms with E-state index in [9.17, 15) is 14.0 Å². The van der Waals surface area contributed by atoms with E-state index in [1.165, 1.54) is 24.4 Å². The summed E-state index contributed by atoms with van der Waals surface area (Å²) in [6.07, 6.45) is 5.13.